The maximum atomic E-state index is 13.3. The molecule has 0 heterocycles. The van der Waals surface area contributed by atoms with Crippen LogP contribution < -0.4 is 10.6 Å². The smallest absolute Gasteiger partial charge is 0.380 e. The lowest BCUT2D eigenvalue weighted by atomic mass is 9.57. The highest BCUT2D eigenvalue weighted by Gasteiger charge is 2.63. The Labute approximate surface area is 176 Å². The third kappa shape index (κ3) is 3.83. The van der Waals surface area contributed by atoms with Gasteiger partial charge in [0.25, 0.3) is 0 Å². The highest BCUT2D eigenvalue weighted by Crippen LogP contribution is 2.53. The number of nitrogens with zero attached hydrogens (tertiary/aromatic N) is 1. The topological polar surface area (TPSA) is 66.6 Å². The van der Waals surface area contributed by atoms with Crippen LogP contribution in [0.4, 0.5) is 18.9 Å². The van der Waals surface area contributed by atoms with Crippen molar-refractivity contribution in [3.63, 3.8) is 0 Å². The van der Waals surface area contributed by atoms with Gasteiger partial charge in [-0.25, -0.2) is 0 Å². The normalized spacial score (nSPS) is 36.6. The molecular formula is C21H26BrF3N2O2. The first-order valence-corrected chi connectivity index (χ1v) is 10.9. The molecule has 4 nitrogen and oxygen atoms in total. The second kappa shape index (κ2) is 6.95. The zero-order valence-corrected chi connectivity index (χ0v) is 17.7. The van der Waals surface area contributed by atoms with E-state index in [1.807, 2.05) is 24.3 Å². The van der Waals surface area contributed by atoms with Crippen LogP contribution in [-0.2, 0) is 4.79 Å². The van der Waals surface area contributed by atoms with Gasteiger partial charge in [0.15, 0.2) is 5.60 Å². The number of nitrogens with two attached hydrogens (primary N) is 1. The van der Waals surface area contributed by atoms with Crippen molar-refractivity contribution in [2.75, 3.05) is 11.4 Å². The molecule has 2 bridgehead atoms. The molecule has 160 valence electrons. The van der Waals surface area contributed by atoms with Crippen LogP contribution in [0, 0.1) is 11.3 Å². The lowest BCUT2D eigenvalue weighted by Gasteiger charge is -2.54. The van der Waals surface area contributed by atoms with Gasteiger partial charge in [-0.05, 0) is 75.0 Å². The van der Waals surface area contributed by atoms with Gasteiger partial charge in [-0.3, -0.25) is 4.79 Å². The fourth-order valence-electron chi connectivity index (χ4n) is 5.19. The molecule has 0 aliphatic heterocycles. The van der Waals surface area contributed by atoms with Crippen LogP contribution in [0.15, 0.2) is 28.7 Å². The quantitative estimate of drug-likeness (QED) is 0.673. The third-order valence-corrected chi connectivity index (χ3v) is 7.88. The molecule has 0 radical (unpaired) electrons. The summed E-state index contributed by atoms with van der Waals surface area (Å²) in [7, 11) is 0. The van der Waals surface area contributed by atoms with E-state index in [0.29, 0.717) is 12.2 Å². The molecule has 0 atom stereocenters. The van der Waals surface area contributed by atoms with Gasteiger partial charge in [-0.2, -0.15) is 13.2 Å². The monoisotopic (exact) mass is 474 g/mol. The number of hydrogen-bond acceptors (Lipinski definition) is 3. The fourth-order valence-corrected chi connectivity index (χ4v) is 5.57. The summed E-state index contributed by atoms with van der Waals surface area (Å²) in [5.74, 6) is -1.15. The largest absolute Gasteiger partial charge is 0.417 e. The summed E-state index contributed by atoms with van der Waals surface area (Å²) in [6.45, 7) is 0.485. The molecule has 1 aromatic rings. The summed E-state index contributed by atoms with van der Waals surface area (Å²) in [5, 5.41) is 9.80. The Balaban J connectivity index is 1.56. The van der Waals surface area contributed by atoms with E-state index in [2.05, 4.69) is 15.9 Å². The van der Waals surface area contributed by atoms with Crippen LogP contribution in [-0.4, -0.2) is 34.9 Å². The number of amides is 1. The Morgan fingerprint density at radius 3 is 2.28 bits per heavy atom. The number of rotatable bonds is 4. The van der Waals surface area contributed by atoms with E-state index in [1.54, 1.807) is 4.90 Å². The van der Waals surface area contributed by atoms with Gasteiger partial charge >= 0.3 is 6.18 Å². The summed E-state index contributed by atoms with van der Waals surface area (Å²) in [6, 6.07) is 7.30. The van der Waals surface area contributed by atoms with E-state index in [-0.39, 0.29) is 16.9 Å². The summed E-state index contributed by atoms with van der Waals surface area (Å²) in [4.78, 5) is 14.9. The second-order valence-corrected chi connectivity index (χ2v) is 10.3. The second-order valence-electron chi connectivity index (χ2n) is 9.40. The maximum Gasteiger partial charge on any atom is 0.417 e. The lowest BCUT2D eigenvalue weighted by molar-refractivity contribution is -0.295. The highest BCUT2D eigenvalue weighted by atomic mass is 79.9. The van der Waals surface area contributed by atoms with Crippen molar-refractivity contribution in [2.24, 2.45) is 17.1 Å². The van der Waals surface area contributed by atoms with Crippen LogP contribution in [0.1, 0.15) is 51.4 Å². The molecule has 29 heavy (non-hydrogen) atoms. The van der Waals surface area contributed by atoms with Crippen molar-refractivity contribution in [3.8, 4) is 0 Å². The van der Waals surface area contributed by atoms with Crippen LogP contribution in [0.3, 0.4) is 0 Å². The van der Waals surface area contributed by atoms with E-state index >= 15 is 0 Å². The first-order chi connectivity index (χ1) is 13.4. The minimum atomic E-state index is -4.71. The molecular weight excluding hydrogens is 449 g/mol. The first-order valence-electron chi connectivity index (χ1n) is 10.1. The number of fused-ring (bicyclic) bond motifs is 3. The average Bonchev–Trinajstić information content (AvgIpc) is 2.63. The molecule has 4 fully saturated rings. The van der Waals surface area contributed by atoms with Crippen LogP contribution in [0.5, 0.6) is 0 Å². The molecule has 0 unspecified atom stereocenters. The maximum absolute atomic E-state index is 13.3. The van der Waals surface area contributed by atoms with E-state index in [0.717, 1.165) is 43.0 Å². The van der Waals surface area contributed by atoms with Crippen molar-refractivity contribution in [1.29, 1.82) is 0 Å². The number of carbonyl (C=O) groups excluding carboxylic acids is 1. The molecule has 4 saturated carbocycles. The van der Waals surface area contributed by atoms with Crippen molar-refractivity contribution in [2.45, 2.75) is 68.7 Å². The summed E-state index contributed by atoms with van der Waals surface area (Å²) in [6.07, 6.45) is -0.298. The Morgan fingerprint density at radius 2 is 1.76 bits per heavy atom. The van der Waals surface area contributed by atoms with Gasteiger partial charge in [0.2, 0.25) is 5.91 Å². The van der Waals surface area contributed by atoms with E-state index in [9.17, 15) is 23.1 Å². The Morgan fingerprint density at radius 1 is 1.17 bits per heavy atom. The van der Waals surface area contributed by atoms with E-state index in [1.165, 1.54) is 0 Å². The van der Waals surface area contributed by atoms with Crippen LogP contribution >= 0.6 is 15.9 Å². The molecule has 1 aromatic carbocycles. The van der Waals surface area contributed by atoms with Crippen molar-refractivity contribution in [1.82, 2.24) is 0 Å². The predicted octanol–water partition coefficient (Wildman–Crippen LogP) is 4.54. The van der Waals surface area contributed by atoms with E-state index in [4.69, 9.17) is 5.73 Å². The number of benzene rings is 1. The first kappa shape index (κ1) is 21.1. The Kier molecular flexibility index (Phi) is 5.07. The lowest BCUT2D eigenvalue weighted by Crippen LogP contribution is -2.60. The average molecular weight is 475 g/mol. The standard InChI is InChI=1S/C21H26BrF3N2O2/c22-15-2-1-3-16(10-15)27(13-18-4-7-19(26,8-5-18)9-6-18)17(28)14-11-20(29,12-14)21(23,24)25/h1-3,10,14,29H,4-9,11-13,26H2. The number of aliphatic hydroxyl groups is 1. The molecule has 4 aliphatic carbocycles. The number of halogens is 4. The van der Waals surface area contributed by atoms with Gasteiger partial charge in [-0.15, -0.1) is 0 Å². The predicted molar refractivity (Wildman–Crippen MR) is 107 cm³/mol. The van der Waals surface area contributed by atoms with E-state index < -0.39 is 30.5 Å². The zero-order chi connectivity index (χ0) is 21.1. The minimum Gasteiger partial charge on any atom is -0.380 e. The van der Waals surface area contributed by atoms with Gasteiger partial charge in [-0.1, -0.05) is 22.0 Å². The number of carbonyl (C=O) groups is 1. The number of anilines is 1. The molecule has 0 saturated heterocycles. The molecule has 8 heteroatoms. The van der Waals surface area contributed by atoms with Crippen molar-refractivity contribution < 1.29 is 23.1 Å². The van der Waals surface area contributed by atoms with Gasteiger partial charge in [0, 0.05) is 28.2 Å². The van der Waals surface area contributed by atoms with Crippen molar-refractivity contribution in [3.05, 3.63) is 28.7 Å². The fraction of sp³-hybridized carbons (Fsp3) is 0.667. The van der Waals surface area contributed by atoms with Crippen molar-refractivity contribution >= 4 is 27.5 Å². The van der Waals surface area contributed by atoms with Crippen LogP contribution in [0.2, 0.25) is 0 Å². The summed E-state index contributed by atoms with van der Waals surface area (Å²) in [5.41, 5.74) is 4.20. The van der Waals surface area contributed by atoms with Gasteiger partial charge in [0.1, 0.15) is 0 Å². The molecule has 0 aromatic heterocycles. The number of alkyl halides is 3. The van der Waals surface area contributed by atoms with Crippen LogP contribution in [0.25, 0.3) is 0 Å². The molecule has 4 aliphatic rings. The minimum absolute atomic E-state index is 0.0385. The molecule has 0 spiro atoms. The molecule has 1 amide bonds. The number of hydrogen-bond donors (Lipinski definition) is 2. The summed E-state index contributed by atoms with van der Waals surface area (Å²) < 4.78 is 39.9. The third-order valence-electron chi connectivity index (χ3n) is 7.38. The summed E-state index contributed by atoms with van der Waals surface area (Å²) >= 11 is 3.42. The Hall–Kier alpha value is -1.12. The zero-order valence-electron chi connectivity index (χ0n) is 16.1. The SMILES string of the molecule is NC12CCC(CN(C(=O)C3CC(O)(C(F)(F)F)C3)c3cccc(Br)c3)(CC1)CC2. The highest BCUT2D eigenvalue weighted by molar-refractivity contribution is 9.10. The van der Waals surface area contributed by atoms with Gasteiger partial charge in [0.05, 0.1) is 0 Å². The molecule has 5 rings (SSSR count). The Bertz CT molecular complexity index is 783. The molecule has 3 N–H and O–H groups in total. The van der Waals surface area contributed by atoms with Gasteiger partial charge < -0.3 is 15.7 Å².